The van der Waals surface area contributed by atoms with Crippen molar-refractivity contribution in [2.24, 2.45) is 0 Å². The standard InChI is InChI=1S/C9H8BrF2NO2/c1-4-3-13-7(10)6(8(11)12)5(4)9(14)15-2/h3,8H,1-2H3. The smallest absolute Gasteiger partial charge is 0.338 e. The molecule has 0 N–H and O–H groups in total. The van der Waals surface area contributed by atoms with Gasteiger partial charge in [-0.1, -0.05) is 0 Å². The van der Waals surface area contributed by atoms with Gasteiger partial charge in [-0.15, -0.1) is 0 Å². The number of ether oxygens (including phenoxy) is 1. The van der Waals surface area contributed by atoms with Gasteiger partial charge in [0.1, 0.15) is 4.60 Å². The Balaban J connectivity index is 3.45. The molecule has 1 rings (SSSR count). The lowest BCUT2D eigenvalue weighted by atomic mass is 10.1. The fourth-order valence-electron chi connectivity index (χ4n) is 1.18. The molecule has 1 aromatic heterocycles. The summed E-state index contributed by atoms with van der Waals surface area (Å²) in [6.45, 7) is 1.53. The Hall–Kier alpha value is -1.04. The normalized spacial score (nSPS) is 10.5. The molecule has 0 atom stereocenters. The summed E-state index contributed by atoms with van der Waals surface area (Å²) >= 11 is 2.88. The lowest BCUT2D eigenvalue weighted by Crippen LogP contribution is -2.10. The molecular weight excluding hydrogens is 272 g/mol. The zero-order chi connectivity index (χ0) is 11.6. The van der Waals surface area contributed by atoms with Gasteiger partial charge in [0.25, 0.3) is 6.43 Å². The first-order valence-corrected chi connectivity index (χ1v) is 4.79. The number of carbonyl (C=O) groups is 1. The van der Waals surface area contributed by atoms with E-state index in [9.17, 15) is 13.6 Å². The average Bonchev–Trinajstić information content (AvgIpc) is 2.19. The van der Waals surface area contributed by atoms with E-state index in [4.69, 9.17) is 0 Å². The van der Waals surface area contributed by atoms with Gasteiger partial charge in [0, 0.05) is 6.20 Å². The van der Waals surface area contributed by atoms with Crippen LogP contribution in [-0.2, 0) is 4.74 Å². The minimum atomic E-state index is -2.78. The molecule has 0 aliphatic heterocycles. The van der Waals surface area contributed by atoms with Crippen LogP contribution in [-0.4, -0.2) is 18.1 Å². The van der Waals surface area contributed by atoms with Gasteiger partial charge in [0.05, 0.1) is 18.2 Å². The van der Waals surface area contributed by atoms with Gasteiger partial charge in [-0.2, -0.15) is 0 Å². The Bertz CT molecular complexity index is 396. The van der Waals surface area contributed by atoms with Gasteiger partial charge in [-0.3, -0.25) is 0 Å². The quantitative estimate of drug-likeness (QED) is 0.617. The van der Waals surface area contributed by atoms with Crippen LogP contribution in [0.4, 0.5) is 8.78 Å². The summed E-state index contributed by atoms with van der Waals surface area (Å²) in [6.07, 6.45) is -1.44. The molecule has 1 aromatic rings. The molecule has 0 amide bonds. The number of hydrogen-bond donors (Lipinski definition) is 0. The number of aryl methyl sites for hydroxylation is 1. The number of alkyl halides is 2. The maximum atomic E-state index is 12.7. The van der Waals surface area contributed by atoms with Crippen molar-refractivity contribution in [1.29, 1.82) is 0 Å². The average molecular weight is 280 g/mol. The van der Waals surface area contributed by atoms with E-state index < -0.39 is 18.0 Å². The summed E-state index contributed by atoms with van der Waals surface area (Å²) in [7, 11) is 1.14. The topological polar surface area (TPSA) is 39.2 Å². The summed E-state index contributed by atoms with van der Waals surface area (Å²) in [4.78, 5) is 15.0. The molecule has 0 aromatic carbocycles. The van der Waals surface area contributed by atoms with E-state index in [1.807, 2.05) is 0 Å². The van der Waals surface area contributed by atoms with E-state index in [0.717, 1.165) is 7.11 Å². The van der Waals surface area contributed by atoms with Crippen LogP contribution in [0.2, 0.25) is 0 Å². The Kier molecular flexibility index (Phi) is 3.73. The van der Waals surface area contributed by atoms with Gasteiger partial charge in [-0.05, 0) is 28.4 Å². The molecule has 1 heterocycles. The summed E-state index contributed by atoms with van der Waals surface area (Å²) in [5.74, 6) is -0.786. The van der Waals surface area contributed by atoms with Crippen molar-refractivity contribution in [1.82, 2.24) is 4.98 Å². The van der Waals surface area contributed by atoms with E-state index >= 15 is 0 Å². The third kappa shape index (κ3) is 2.31. The first kappa shape index (κ1) is 12.0. The van der Waals surface area contributed by atoms with Crippen molar-refractivity contribution < 1.29 is 18.3 Å². The lowest BCUT2D eigenvalue weighted by molar-refractivity contribution is 0.0587. The van der Waals surface area contributed by atoms with Crippen molar-refractivity contribution in [3.05, 3.63) is 27.5 Å². The first-order valence-electron chi connectivity index (χ1n) is 4.00. The number of rotatable bonds is 2. The molecule has 82 valence electrons. The predicted octanol–water partition coefficient (Wildman–Crippen LogP) is 2.88. The van der Waals surface area contributed by atoms with Crippen molar-refractivity contribution in [2.75, 3.05) is 7.11 Å². The zero-order valence-electron chi connectivity index (χ0n) is 8.05. The molecule has 0 unspecified atom stereocenters. The van der Waals surface area contributed by atoms with Crippen molar-refractivity contribution in [3.63, 3.8) is 0 Å². The third-order valence-electron chi connectivity index (χ3n) is 1.87. The zero-order valence-corrected chi connectivity index (χ0v) is 9.64. The number of pyridine rings is 1. The Labute approximate surface area is 93.6 Å². The molecular formula is C9H8BrF2NO2. The van der Waals surface area contributed by atoms with Gasteiger partial charge >= 0.3 is 5.97 Å². The summed E-state index contributed by atoms with van der Waals surface area (Å²) in [5, 5.41) is 0. The van der Waals surface area contributed by atoms with Crippen molar-refractivity contribution in [3.8, 4) is 0 Å². The third-order valence-corrected chi connectivity index (χ3v) is 2.50. The molecule has 0 saturated heterocycles. The summed E-state index contributed by atoms with van der Waals surface area (Å²) < 4.78 is 29.8. The maximum Gasteiger partial charge on any atom is 0.338 e. The predicted molar refractivity (Wildman–Crippen MR) is 53.0 cm³/mol. The van der Waals surface area contributed by atoms with Crippen LogP contribution < -0.4 is 0 Å². The fraction of sp³-hybridized carbons (Fsp3) is 0.333. The van der Waals surface area contributed by atoms with E-state index in [0.29, 0.717) is 5.56 Å². The molecule has 0 fully saturated rings. The van der Waals surface area contributed by atoms with E-state index in [1.54, 1.807) is 0 Å². The van der Waals surface area contributed by atoms with Crippen LogP contribution in [0, 0.1) is 6.92 Å². The molecule has 0 aliphatic rings. The number of halogens is 3. The van der Waals surface area contributed by atoms with Crippen molar-refractivity contribution in [2.45, 2.75) is 13.3 Å². The minimum Gasteiger partial charge on any atom is -0.465 e. The number of aromatic nitrogens is 1. The number of methoxy groups -OCH3 is 1. The van der Waals surface area contributed by atoms with Gasteiger partial charge in [0.15, 0.2) is 0 Å². The lowest BCUT2D eigenvalue weighted by Gasteiger charge is -2.10. The number of esters is 1. The van der Waals surface area contributed by atoms with E-state index in [2.05, 4.69) is 25.7 Å². The SMILES string of the molecule is COC(=O)c1c(C)cnc(Br)c1C(F)F. The highest BCUT2D eigenvalue weighted by Gasteiger charge is 2.24. The van der Waals surface area contributed by atoms with Crippen LogP contribution >= 0.6 is 15.9 Å². The summed E-state index contributed by atoms with van der Waals surface area (Å²) in [6, 6.07) is 0. The van der Waals surface area contributed by atoms with Gasteiger partial charge in [0.2, 0.25) is 0 Å². The second-order valence-corrected chi connectivity index (χ2v) is 3.56. The highest BCUT2D eigenvalue weighted by molar-refractivity contribution is 9.10. The highest BCUT2D eigenvalue weighted by atomic mass is 79.9. The Morgan fingerprint density at radius 3 is 2.67 bits per heavy atom. The second-order valence-electron chi connectivity index (χ2n) is 2.81. The molecule has 0 bridgehead atoms. The van der Waals surface area contributed by atoms with Gasteiger partial charge in [-0.25, -0.2) is 18.6 Å². The number of hydrogen-bond acceptors (Lipinski definition) is 3. The molecule has 6 heteroatoms. The molecule has 15 heavy (non-hydrogen) atoms. The minimum absolute atomic E-state index is 0.0384. The van der Waals surface area contributed by atoms with Crippen LogP contribution in [0.25, 0.3) is 0 Å². The number of nitrogens with zero attached hydrogens (tertiary/aromatic N) is 1. The Morgan fingerprint density at radius 2 is 2.20 bits per heavy atom. The van der Waals surface area contributed by atoms with Gasteiger partial charge < -0.3 is 4.74 Å². The fourth-order valence-corrected chi connectivity index (χ4v) is 1.65. The molecule has 0 saturated carbocycles. The van der Waals surface area contributed by atoms with E-state index in [1.165, 1.54) is 13.1 Å². The Morgan fingerprint density at radius 1 is 1.60 bits per heavy atom. The summed E-state index contributed by atoms with van der Waals surface area (Å²) in [5.41, 5.74) is -0.198. The maximum absolute atomic E-state index is 12.7. The van der Waals surface area contributed by atoms with Crippen molar-refractivity contribution >= 4 is 21.9 Å². The monoisotopic (exact) mass is 279 g/mol. The number of carbonyl (C=O) groups excluding carboxylic acids is 1. The van der Waals surface area contributed by atoms with E-state index in [-0.39, 0.29) is 10.2 Å². The van der Waals surface area contributed by atoms with Crippen LogP contribution in [0.5, 0.6) is 0 Å². The molecule has 0 aliphatic carbocycles. The second kappa shape index (κ2) is 4.65. The largest absolute Gasteiger partial charge is 0.465 e. The molecule has 3 nitrogen and oxygen atoms in total. The molecule has 0 spiro atoms. The molecule has 0 radical (unpaired) electrons. The van der Waals surface area contributed by atoms with Crippen LogP contribution in [0.15, 0.2) is 10.8 Å². The van der Waals surface area contributed by atoms with Crippen LogP contribution in [0.3, 0.4) is 0 Å². The van der Waals surface area contributed by atoms with Crippen LogP contribution in [0.1, 0.15) is 27.9 Å². The highest BCUT2D eigenvalue weighted by Crippen LogP contribution is 2.31. The first-order chi connectivity index (χ1) is 6.99.